The molecule has 158 valence electrons. The van der Waals surface area contributed by atoms with Crippen molar-refractivity contribution >= 4 is 15.9 Å². The highest BCUT2D eigenvalue weighted by atomic mass is 32.2. The molecule has 2 bridgehead atoms. The molecule has 2 saturated carbocycles. The second kappa shape index (κ2) is 5.82. The summed E-state index contributed by atoms with van der Waals surface area (Å²) in [7, 11) is -3.67. The van der Waals surface area contributed by atoms with Crippen molar-refractivity contribution in [2.75, 3.05) is 19.0 Å². The first-order chi connectivity index (χ1) is 12.9. The third kappa shape index (κ3) is 2.16. The third-order valence-corrected chi connectivity index (χ3v) is 10.1. The van der Waals surface area contributed by atoms with E-state index in [0.717, 1.165) is 19.3 Å². The maximum absolute atomic E-state index is 13.6. The van der Waals surface area contributed by atoms with Gasteiger partial charge in [0.05, 0.1) is 17.4 Å². The van der Waals surface area contributed by atoms with Crippen LogP contribution in [0.1, 0.15) is 60.8 Å². The SMILES string of the molecule is CCOC1(OCC)C(C(=O)N2C3CC4CCC3(CS2(=O)=O)C4(C)C)=CC1(C)C. The average Bonchev–Trinajstić information content (AvgIpc) is 3.06. The van der Waals surface area contributed by atoms with E-state index in [1.807, 2.05) is 33.8 Å². The summed E-state index contributed by atoms with van der Waals surface area (Å²) in [5.41, 5.74) is -0.558. The minimum absolute atomic E-state index is 0.0655. The monoisotopic (exact) mass is 411 g/mol. The van der Waals surface area contributed by atoms with Crippen LogP contribution in [0.3, 0.4) is 0 Å². The van der Waals surface area contributed by atoms with Gasteiger partial charge in [0.2, 0.25) is 15.8 Å². The molecule has 7 heteroatoms. The first-order valence-corrected chi connectivity index (χ1v) is 12.1. The minimum atomic E-state index is -3.67. The highest BCUT2D eigenvalue weighted by Gasteiger charge is 2.73. The minimum Gasteiger partial charge on any atom is -0.345 e. The van der Waals surface area contributed by atoms with Crippen LogP contribution in [0.2, 0.25) is 0 Å². The van der Waals surface area contributed by atoms with E-state index < -0.39 is 27.1 Å². The predicted octanol–water partition coefficient (Wildman–Crippen LogP) is 3.09. The molecule has 1 aliphatic heterocycles. The van der Waals surface area contributed by atoms with E-state index in [1.54, 1.807) is 0 Å². The lowest BCUT2D eigenvalue weighted by molar-refractivity contribution is -0.269. The van der Waals surface area contributed by atoms with Gasteiger partial charge in [0.15, 0.2) is 0 Å². The fourth-order valence-electron chi connectivity index (χ4n) is 6.67. The van der Waals surface area contributed by atoms with Crippen molar-refractivity contribution in [3.63, 3.8) is 0 Å². The summed E-state index contributed by atoms with van der Waals surface area (Å²) in [5, 5.41) is 0. The summed E-state index contributed by atoms with van der Waals surface area (Å²) < 4.78 is 39.6. The Morgan fingerprint density at radius 1 is 1.18 bits per heavy atom. The Morgan fingerprint density at radius 2 is 1.79 bits per heavy atom. The van der Waals surface area contributed by atoms with Crippen LogP contribution in [-0.2, 0) is 24.3 Å². The predicted molar refractivity (Wildman–Crippen MR) is 106 cm³/mol. The average molecular weight is 412 g/mol. The fourth-order valence-corrected chi connectivity index (χ4v) is 9.20. The highest BCUT2D eigenvalue weighted by Crippen LogP contribution is 2.70. The molecular weight excluding hydrogens is 378 g/mol. The molecule has 0 N–H and O–H groups in total. The van der Waals surface area contributed by atoms with Gasteiger partial charge in [-0.2, -0.15) is 0 Å². The molecule has 0 aromatic carbocycles. The number of sulfonamides is 1. The van der Waals surface area contributed by atoms with Crippen LogP contribution >= 0.6 is 0 Å². The highest BCUT2D eigenvalue weighted by molar-refractivity contribution is 7.90. The van der Waals surface area contributed by atoms with Gasteiger partial charge in [-0.15, -0.1) is 0 Å². The van der Waals surface area contributed by atoms with Crippen molar-refractivity contribution in [3.8, 4) is 0 Å². The molecule has 3 fully saturated rings. The van der Waals surface area contributed by atoms with Gasteiger partial charge >= 0.3 is 0 Å². The normalized spacial score (nSPS) is 38.1. The number of hydrogen-bond donors (Lipinski definition) is 0. The number of amides is 1. The lowest BCUT2D eigenvalue weighted by Crippen LogP contribution is -2.61. The van der Waals surface area contributed by atoms with Gasteiger partial charge in [-0.3, -0.25) is 4.79 Å². The molecule has 6 nitrogen and oxygen atoms in total. The lowest BCUT2D eigenvalue weighted by Gasteiger charge is -2.52. The zero-order valence-corrected chi connectivity index (χ0v) is 18.7. The van der Waals surface area contributed by atoms with Crippen molar-refractivity contribution < 1.29 is 22.7 Å². The van der Waals surface area contributed by atoms with Gasteiger partial charge in [-0.05, 0) is 44.4 Å². The number of rotatable bonds is 5. The van der Waals surface area contributed by atoms with Gasteiger partial charge in [-0.1, -0.05) is 33.8 Å². The van der Waals surface area contributed by atoms with Crippen LogP contribution in [0.4, 0.5) is 0 Å². The summed E-state index contributed by atoms with van der Waals surface area (Å²) in [6, 6.07) is -0.246. The second-order valence-corrected chi connectivity index (χ2v) is 11.8. The summed E-state index contributed by atoms with van der Waals surface area (Å²) in [4.78, 5) is 13.6. The lowest BCUT2D eigenvalue weighted by atomic mass is 9.66. The van der Waals surface area contributed by atoms with E-state index >= 15 is 0 Å². The van der Waals surface area contributed by atoms with Crippen molar-refractivity contribution in [2.24, 2.45) is 22.2 Å². The van der Waals surface area contributed by atoms with Crippen LogP contribution in [0.15, 0.2) is 11.6 Å². The Balaban J connectivity index is 1.75. The van der Waals surface area contributed by atoms with E-state index in [2.05, 4.69) is 13.8 Å². The van der Waals surface area contributed by atoms with E-state index in [1.165, 1.54) is 4.31 Å². The van der Waals surface area contributed by atoms with Crippen molar-refractivity contribution in [1.29, 1.82) is 0 Å². The van der Waals surface area contributed by atoms with Gasteiger partial charge in [0.25, 0.3) is 5.91 Å². The standard InChI is InChI=1S/C21H33NO5S/c1-7-26-21(27-8-2)15(12-18(21,3)4)17(23)22-16-11-14-9-10-20(16,19(14,5)6)13-28(22,24)25/h12,14,16H,7-11,13H2,1-6H3. The Morgan fingerprint density at radius 3 is 2.29 bits per heavy atom. The molecule has 1 saturated heterocycles. The van der Waals surface area contributed by atoms with Crippen LogP contribution in [0.5, 0.6) is 0 Å². The molecule has 3 aliphatic carbocycles. The second-order valence-electron chi connectivity index (χ2n) is 9.98. The maximum atomic E-state index is 13.6. The molecule has 3 atom stereocenters. The first kappa shape index (κ1) is 20.4. The summed E-state index contributed by atoms with van der Waals surface area (Å²) in [5.74, 6) is -1.09. The van der Waals surface area contributed by atoms with Crippen LogP contribution in [0.25, 0.3) is 0 Å². The zero-order chi connectivity index (χ0) is 20.8. The zero-order valence-electron chi connectivity index (χ0n) is 17.9. The number of fused-ring (bicyclic) bond motifs is 1. The molecule has 0 aromatic rings. The van der Waals surface area contributed by atoms with E-state index in [-0.39, 0.29) is 22.6 Å². The topological polar surface area (TPSA) is 72.9 Å². The Hall–Kier alpha value is -0.920. The summed E-state index contributed by atoms with van der Waals surface area (Å²) in [6.45, 7) is 12.8. The maximum Gasteiger partial charge on any atom is 0.268 e. The molecule has 4 aliphatic rings. The van der Waals surface area contributed by atoms with E-state index in [9.17, 15) is 13.2 Å². The molecule has 28 heavy (non-hydrogen) atoms. The summed E-state index contributed by atoms with van der Waals surface area (Å²) in [6.07, 6.45) is 4.52. The number of carbonyl (C=O) groups is 1. The van der Waals surface area contributed by atoms with Crippen LogP contribution in [0, 0.1) is 22.2 Å². The fraction of sp³-hybridized carbons (Fsp3) is 0.857. The molecule has 3 unspecified atom stereocenters. The van der Waals surface area contributed by atoms with Crippen molar-refractivity contribution in [1.82, 2.24) is 4.31 Å². The summed E-state index contributed by atoms with van der Waals surface area (Å²) >= 11 is 0. The largest absolute Gasteiger partial charge is 0.345 e. The molecular formula is C21H33NO5S. The van der Waals surface area contributed by atoms with E-state index in [4.69, 9.17) is 9.47 Å². The van der Waals surface area contributed by atoms with Gasteiger partial charge in [-0.25, -0.2) is 12.7 Å². The number of ether oxygens (including phenoxy) is 2. The Kier molecular flexibility index (Phi) is 4.23. The molecule has 1 amide bonds. The van der Waals surface area contributed by atoms with Gasteiger partial charge in [0.1, 0.15) is 0 Å². The van der Waals surface area contributed by atoms with Gasteiger partial charge in [0, 0.05) is 24.0 Å². The van der Waals surface area contributed by atoms with Crippen molar-refractivity contribution in [2.45, 2.75) is 72.6 Å². The van der Waals surface area contributed by atoms with Crippen molar-refractivity contribution in [3.05, 3.63) is 11.6 Å². The smallest absolute Gasteiger partial charge is 0.268 e. The number of hydrogen-bond acceptors (Lipinski definition) is 5. The molecule has 1 heterocycles. The Labute approximate surface area is 168 Å². The molecule has 4 rings (SSSR count). The molecule has 0 aromatic heterocycles. The first-order valence-electron chi connectivity index (χ1n) is 10.5. The number of nitrogens with zero attached hydrogens (tertiary/aromatic N) is 1. The third-order valence-electron chi connectivity index (χ3n) is 8.24. The molecule has 0 radical (unpaired) electrons. The van der Waals surface area contributed by atoms with Crippen LogP contribution in [-0.4, -0.2) is 49.4 Å². The van der Waals surface area contributed by atoms with Crippen LogP contribution < -0.4 is 0 Å². The Bertz CT molecular complexity index is 837. The van der Waals surface area contributed by atoms with E-state index in [0.29, 0.717) is 24.7 Å². The van der Waals surface area contributed by atoms with Gasteiger partial charge < -0.3 is 9.47 Å². The molecule has 1 spiro atoms. The number of carbonyl (C=O) groups excluding carboxylic acids is 1. The quantitative estimate of drug-likeness (QED) is 0.650.